The van der Waals surface area contributed by atoms with E-state index in [0.29, 0.717) is 22.6 Å². The summed E-state index contributed by atoms with van der Waals surface area (Å²) in [4.78, 5) is 12.7. The third kappa shape index (κ3) is 2.43. The SMILES string of the molecule is Cc1cc(C(=O)c2cnnn2-c2ccccc2)c(C)nn1. The van der Waals surface area contributed by atoms with Gasteiger partial charge in [0.15, 0.2) is 0 Å². The molecular weight excluding hydrogens is 266 g/mol. The first kappa shape index (κ1) is 13.1. The fraction of sp³-hybridized carbons (Fsp3) is 0.133. The van der Waals surface area contributed by atoms with E-state index < -0.39 is 0 Å². The predicted molar refractivity (Wildman–Crippen MR) is 76.3 cm³/mol. The molecule has 3 rings (SSSR count). The minimum absolute atomic E-state index is 0.167. The molecule has 2 aromatic heterocycles. The van der Waals surface area contributed by atoms with Crippen LogP contribution in [0.2, 0.25) is 0 Å². The maximum atomic E-state index is 12.7. The molecule has 3 aromatic rings. The molecule has 0 amide bonds. The Labute approximate surface area is 121 Å². The number of aromatic nitrogens is 5. The van der Waals surface area contributed by atoms with Gasteiger partial charge in [0.25, 0.3) is 0 Å². The van der Waals surface area contributed by atoms with Crippen LogP contribution in [0.15, 0.2) is 42.6 Å². The van der Waals surface area contributed by atoms with Crippen molar-refractivity contribution in [1.29, 1.82) is 0 Å². The second kappa shape index (κ2) is 5.24. The van der Waals surface area contributed by atoms with E-state index in [0.717, 1.165) is 5.69 Å². The zero-order valence-corrected chi connectivity index (χ0v) is 11.7. The Morgan fingerprint density at radius 1 is 1.10 bits per heavy atom. The summed E-state index contributed by atoms with van der Waals surface area (Å²) >= 11 is 0. The number of benzene rings is 1. The smallest absolute Gasteiger partial charge is 0.215 e. The van der Waals surface area contributed by atoms with Crippen LogP contribution >= 0.6 is 0 Å². The van der Waals surface area contributed by atoms with Gasteiger partial charge in [0, 0.05) is 5.56 Å². The molecule has 0 spiro atoms. The number of ketones is 1. The van der Waals surface area contributed by atoms with Crippen molar-refractivity contribution < 1.29 is 4.79 Å². The number of rotatable bonds is 3. The molecule has 6 nitrogen and oxygen atoms in total. The first-order valence-electron chi connectivity index (χ1n) is 6.48. The summed E-state index contributed by atoms with van der Waals surface area (Å²) in [7, 11) is 0. The van der Waals surface area contributed by atoms with Crippen LogP contribution in [0.4, 0.5) is 0 Å². The molecule has 21 heavy (non-hydrogen) atoms. The van der Waals surface area contributed by atoms with Crippen LogP contribution < -0.4 is 0 Å². The van der Waals surface area contributed by atoms with Crippen molar-refractivity contribution >= 4 is 5.78 Å². The lowest BCUT2D eigenvalue weighted by Gasteiger charge is -2.07. The Bertz CT molecular complexity index is 795. The second-order valence-corrected chi connectivity index (χ2v) is 4.68. The fourth-order valence-corrected chi connectivity index (χ4v) is 2.07. The Morgan fingerprint density at radius 3 is 2.62 bits per heavy atom. The van der Waals surface area contributed by atoms with Gasteiger partial charge in [0.05, 0.1) is 23.3 Å². The van der Waals surface area contributed by atoms with Crippen LogP contribution in [-0.2, 0) is 0 Å². The molecule has 1 aromatic carbocycles. The highest BCUT2D eigenvalue weighted by Gasteiger charge is 2.19. The highest BCUT2D eigenvalue weighted by molar-refractivity contribution is 6.08. The zero-order chi connectivity index (χ0) is 14.8. The molecule has 0 saturated heterocycles. The molecule has 0 aliphatic heterocycles. The van der Waals surface area contributed by atoms with Crippen LogP contribution in [0.3, 0.4) is 0 Å². The van der Waals surface area contributed by atoms with Gasteiger partial charge in [0.2, 0.25) is 5.78 Å². The minimum atomic E-state index is -0.167. The van der Waals surface area contributed by atoms with E-state index in [-0.39, 0.29) is 5.78 Å². The van der Waals surface area contributed by atoms with Crippen LogP contribution in [0.5, 0.6) is 0 Å². The van der Waals surface area contributed by atoms with Gasteiger partial charge < -0.3 is 0 Å². The van der Waals surface area contributed by atoms with Crippen LogP contribution in [0.25, 0.3) is 5.69 Å². The highest BCUT2D eigenvalue weighted by Crippen LogP contribution is 2.15. The zero-order valence-electron chi connectivity index (χ0n) is 11.7. The summed E-state index contributed by atoms with van der Waals surface area (Å²) in [5.74, 6) is -0.167. The summed E-state index contributed by atoms with van der Waals surface area (Å²) in [6.07, 6.45) is 1.46. The van der Waals surface area contributed by atoms with Crippen molar-refractivity contribution in [3.8, 4) is 5.69 Å². The quantitative estimate of drug-likeness (QED) is 0.685. The lowest BCUT2D eigenvalue weighted by molar-refractivity contribution is 0.103. The van der Waals surface area contributed by atoms with E-state index in [9.17, 15) is 4.79 Å². The Kier molecular flexibility index (Phi) is 3.27. The van der Waals surface area contributed by atoms with E-state index in [1.54, 1.807) is 19.9 Å². The summed E-state index contributed by atoms with van der Waals surface area (Å²) in [6, 6.07) is 11.1. The van der Waals surface area contributed by atoms with Crippen molar-refractivity contribution in [2.75, 3.05) is 0 Å². The van der Waals surface area contributed by atoms with Crippen molar-refractivity contribution in [3.63, 3.8) is 0 Å². The highest BCUT2D eigenvalue weighted by atomic mass is 16.1. The first-order chi connectivity index (χ1) is 10.2. The molecule has 0 radical (unpaired) electrons. The van der Waals surface area contributed by atoms with Gasteiger partial charge in [-0.05, 0) is 32.0 Å². The van der Waals surface area contributed by atoms with E-state index in [1.807, 2.05) is 30.3 Å². The normalized spacial score (nSPS) is 10.6. The average molecular weight is 279 g/mol. The number of carbonyl (C=O) groups excluding carboxylic acids is 1. The predicted octanol–water partition coefficient (Wildman–Crippen LogP) is 1.91. The van der Waals surface area contributed by atoms with Crippen LogP contribution in [-0.4, -0.2) is 31.0 Å². The Morgan fingerprint density at radius 2 is 1.86 bits per heavy atom. The third-order valence-corrected chi connectivity index (χ3v) is 3.13. The molecule has 0 aliphatic carbocycles. The molecule has 6 heteroatoms. The summed E-state index contributed by atoms with van der Waals surface area (Å²) in [6.45, 7) is 3.56. The molecule has 2 heterocycles. The molecule has 0 saturated carbocycles. The summed E-state index contributed by atoms with van der Waals surface area (Å²) < 4.78 is 1.53. The molecule has 104 valence electrons. The van der Waals surface area contributed by atoms with Gasteiger partial charge in [-0.2, -0.15) is 10.2 Å². The maximum Gasteiger partial charge on any atom is 0.215 e. The first-order valence-corrected chi connectivity index (χ1v) is 6.48. The van der Waals surface area contributed by atoms with Gasteiger partial charge in [-0.15, -0.1) is 5.10 Å². The number of hydrogen-bond donors (Lipinski definition) is 0. The lowest BCUT2D eigenvalue weighted by atomic mass is 10.1. The molecule has 0 N–H and O–H groups in total. The molecule has 0 unspecified atom stereocenters. The molecular formula is C15H13N5O. The fourth-order valence-electron chi connectivity index (χ4n) is 2.07. The molecule has 0 aliphatic rings. The standard InChI is InChI=1S/C15H13N5O/c1-10-8-13(11(2)18-17-10)15(21)14-9-16-19-20(14)12-6-4-3-5-7-12/h3-9H,1-2H3. The molecule has 0 atom stereocenters. The minimum Gasteiger partial charge on any atom is -0.287 e. The molecule has 0 bridgehead atoms. The van der Waals surface area contributed by atoms with Crippen molar-refractivity contribution in [3.05, 3.63) is 65.2 Å². The second-order valence-electron chi connectivity index (χ2n) is 4.68. The van der Waals surface area contributed by atoms with E-state index in [4.69, 9.17) is 0 Å². The van der Waals surface area contributed by atoms with Crippen molar-refractivity contribution in [2.45, 2.75) is 13.8 Å². The van der Waals surface area contributed by atoms with Gasteiger partial charge in [-0.3, -0.25) is 4.79 Å². The number of para-hydroxylation sites is 1. The van der Waals surface area contributed by atoms with Gasteiger partial charge in [-0.25, -0.2) is 4.68 Å². The average Bonchev–Trinajstić information content (AvgIpc) is 2.99. The van der Waals surface area contributed by atoms with Crippen LogP contribution in [0.1, 0.15) is 27.4 Å². The number of aryl methyl sites for hydroxylation is 2. The largest absolute Gasteiger partial charge is 0.287 e. The van der Waals surface area contributed by atoms with E-state index >= 15 is 0 Å². The van der Waals surface area contributed by atoms with Crippen LogP contribution in [0, 0.1) is 13.8 Å². The monoisotopic (exact) mass is 279 g/mol. The third-order valence-electron chi connectivity index (χ3n) is 3.13. The number of hydrogen-bond acceptors (Lipinski definition) is 5. The van der Waals surface area contributed by atoms with Gasteiger partial charge in [-0.1, -0.05) is 23.4 Å². The van der Waals surface area contributed by atoms with Crippen molar-refractivity contribution in [2.24, 2.45) is 0 Å². The Hall–Kier alpha value is -2.89. The lowest BCUT2D eigenvalue weighted by Crippen LogP contribution is -2.12. The summed E-state index contributed by atoms with van der Waals surface area (Å²) in [5.41, 5.74) is 2.99. The topological polar surface area (TPSA) is 73.6 Å². The number of carbonyl (C=O) groups is 1. The van der Waals surface area contributed by atoms with E-state index in [2.05, 4.69) is 20.5 Å². The molecule has 0 fully saturated rings. The Balaban J connectivity index is 2.08. The van der Waals surface area contributed by atoms with Gasteiger partial charge in [0.1, 0.15) is 5.69 Å². The number of nitrogens with zero attached hydrogens (tertiary/aromatic N) is 5. The van der Waals surface area contributed by atoms with E-state index in [1.165, 1.54) is 10.9 Å². The summed E-state index contributed by atoms with van der Waals surface area (Å²) in [5, 5.41) is 15.8. The maximum absolute atomic E-state index is 12.7. The van der Waals surface area contributed by atoms with Gasteiger partial charge >= 0.3 is 0 Å². The van der Waals surface area contributed by atoms with Crippen molar-refractivity contribution in [1.82, 2.24) is 25.2 Å².